The van der Waals surface area contributed by atoms with Crippen molar-refractivity contribution in [2.75, 3.05) is 7.05 Å². The van der Waals surface area contributed by atoms with Crippen molar-refractivity contribution in [2.24, 2.45) is 10.7 Å². The van der Waals surface area contributed by atoms with Crippen LogP contribution in [0.5, 0.6) is 5.75 Å². The highest BCUT2D eigenvalue weighted by molar-refractivity contribution is 7.82. The zero-order valence-corrected chi connectivity index (χ0v) is 18.4. The van der Waals surface area contributed by atoms with Gasteiger partial charge in [-0.2, -0.15) is 8.78 Å². The fraction of sp³-hybridized carbons (Fsp3) is 0.292. The van der Waals surface area contributed by atoms with E-state index in [0.717, 1.165) is 18.4 Å². The molecule has 8 heteroatoms. The molecular weight excluding hydrogens is 432 g/mol. The number of nitrogens with zero attached hydrogens (tertiary/aromatic N) is 2. The van der Waals surface area contributed by atoms with E-state index in [9.17, 15) is 13.6 Å². The molecule has 1 heterocycles. The molecule has 2 aromatic rings. The van der Waals surface area contributed by atoms with E-state index in [1.807, 2.05) is 24.3 Å². The molecule has 2 aliphatic rings. The monoisotopic (exact) mass is 453 g/mol. The van der Waals surface area contributed by atoms with Gasteiger partial charge >= 0.3 is 6.61 Å². The number of carbonyl (C=O) groups excluding carboxylic acids is 1. The van der Waals surface area contributed by atoms with Crippen molar-refractivity contribution in [3.8, 4) is 17.6 Å². The number of carbonyl (C=O) groups is 1. The maximum Gasteiger partial charge on any atom is 0.387 e. The quantitative estimate of drug-likeness (QED) is 0.550. The second-order valence-corrected chi connectivity index (χ2v) is 8.14. The summed E-state index contributed by atoms with van der Waals surface area (Å²) in [6.07, 6.45) is 1.74. The molecule has 0 spiro atoms. The van der Waals surface area contributed by atoms with Crippen LogP contribution in [0.1, 0.15) is 47.9 Å². The third-order valence-electron chi connectivity index (χ3n) is 5.66. The molecule has 2 N–H and O–H groups in total. The number of alkyl halides is 2. The van der Waals surface area contributed by atoms with Crippen LogP contribution in [0.15, 0.2) is 47.5 Å². The molecule has 1 atom stereocenters. The first-order chi connectivity index (χ1) is 15.3. The SMILES string of the molecule is CC#Cc1cccc([C@@]2(c3ccc(OC(F)F)c(C4CC4)c3)N=C(N)N(C)C(=O)C2=S)c1. The van der Waals surface area contributed by atoms with Gasteiger partial charge in [0.2, 0.25) is 0 Å². The molecule has 0 bridgehead atoms. The summed E-state index contributed by atoms with van der Waals surface area (Å²) in [5, 5.41) is 0. The Hall–Kier alpha value is -3.31. The van der Waals surface area contributed by atoms with Crippen LogP contribution in [0.4, 0.5) is 8.78 Å². The normalized spacial score (nSPS) is 20.7. The molecule has 1 aliphatic heterocycles. The van der Waals surface area contributed by atoms with Gasteiger partial charge in [-0.15, -0.1) is 5.92 Å². The van der Waals surface area contributed by atoms with E-state index in [2.05, 4.69) is 11.8 Å². The lowest BCUT2D eigenvalue weighted by Crippen LogP contribution is -2.55. The summed E-state index contributed by atoms with van der Waals surface area (Å²) in [6.45, 7) is -1.21. The van der Waals surface area contributed by atoms with Crippen molar-refractivity contribution >= 4 is 28.9 Å². The lowest BCUT2D eigenvalue weighted by atomic mass is 9.78. The molecule has 0 saturated heterocycles. The summed E-state index contributed by atoms with van der Waals surface area (Å²) in [4.78, 5) is 19.0. The van der Waals surface area contributed by atoms with E-state index < -0.39 is 18.1 Å². The highest BCUT2D eigenvalue weighted by atomic mass is 32.1. The van der Waals surface area contributed by atoms with Gasteiger partial charge in [-0.1, -0.05) is 36.3 Å². The summed E-state index contributed by atoms with van der Waals surface area (Å²) < 4.78 is 30.7. The molecule has 1 saturated carbocycles. The van der Waals surface area contributed by atoms with Crippen LogP contribution in [-0.2, 0) is 10.3 Å². The van der Waals surface area contributed by atoms with E-state index >= 15 is 0 Å². The van der Waals surface area contributed by atoms with Crippen molar-refractivity contribution in [2.45, 2.75) is 37.8 Å². The number of rotatable bonds is 5. The summed E-state index contributed by atoms with van der Waals surface area (Å²) in [6, 6.07) is 12.1. The van der Waals surface area contributed by atoms with Gasteiger partial charge in [-0.05, 0) is 66.6 Å². The van der Waals surface area contributed by atoms with Gasteiger partial charge in [0.15, 0.2) is 11.5 Å². The second kappa shape index (κ2) is 8.32. The molecule has 4 rings (SSSR count). The van der Waals surface area contributed by atoms with Crippen LogP contribution in [0.2, 0.25) is 0 Å². The molecule has 1 aliphatic carbocycles. The predicted octanol–water partition coefficient (Wildman–Crippen LogP) is 3.94. The Kier molecular flexibility index (Phi) is 5.70. The number of halogens is 2. The van der Waals surface area contributed by atoms with Crippen molar-refractivity contribution in [3.63, 3.8) is 0 Å². The Morgan fingerprint density at radius 3 is 2.62 bits per heavy atom. The van der Waals surface area contributed by atoms with E-state index in [1.54, 1.807) is 19.1 Å². The molecule has 0 aromatic heterocycles. The fourth-order valence-corrected chi connectivity index (χ4v) is 4.34. The molecule has 32 heavy (non-hydrogen) atoms. The number of hydrogen-bond acceptors (Lipinski definition) is 5. The molecule has 0 unspecified atom stereocenters. The number of nitrogens with two attached hydrogens (primary N) is 1. The topological polar surface area (TPSA) is 67.9 Å². The number of amides is 1. The number of thiocarbonyl (C=S) groups is 1. The zero-order valence-electron chi connectivity index (χ0n) is 17.6. The Balaban J connectivity index is 1.98. The first-order valence-electron chi connectivity index (χ1n) is 10.1. The Bertz CT molecular complexity index is 1200. The van der Waals surface area contributed by atoms with Gasteiger partial charge in [0.1, 0.15) is 10.6 Å². The number of aliphatic imine (C=N–C) groups is 1. The van der Waals surface area contributed by atoms with Gasteiger partial charge in [0, 0.05) is 12.6 Å². The number of benzene rings is 2. The summed E-state index contributed by atoms with van der Waals surface area (Å²) in [5.41, 5.74) is 7.31. The van der Waals surface area contributed by atoms with Crippen LogP contribution >= 0.6 is 12.2 Å². The van der Waals surface area contributed by atoms with Crippen LogP contribution in [-0.4, -0.2) is 35.3 Å². The average molecular weight is 454 g/mol. The van der Waals surface area contributed by atoms with Gasteiger partial charge in [-0.3, -0.25) is 9.69 Å². The van der Waals surface area contributed by atoms with Crippen LogP contribution in [0.25, 0.3) is 0 Å². The molecule has 5 nitrogen and oxygen atoms in total. The summed E-state index contributed by atoms with van der Waals surface area (Å²) >= 11 is 5.65. The first-order valence-corrected chi connectivity index (χ1v) is 10.5. The zero-order chi connectivity index (χ0) is 23.0. The molecular formula is C24H21F2N3O2S. The standard InChI is InChI=1S/C24H21F2N3O2S/c1-3-5-14-6-4-7-16(12-14)24(20(32)21(30)29(2)23(27)28-24)17-10-11-19(31-22(25)26)18(13-17)15-8-9-15/h4,6-7,10-13,15,22H,8-9H2,1-2H3,(H2,27,28)/t24-/m0/s1. The van der Waals surface area contributed by atoms with E-state index in [1.165, 1.54) is 18.0 Å². The molecule has 1 fully saturated rings. The summed E-state index contributed by atoms with van der Waals surface area (Å²) in [5.74, 6) is 5.65. The van der Waals surface area contributed by atoms with Crippen LogP contribution in [0.3, 0.4) is 0 Å². The number of guanidine groups is 1. The minimum absolute atomic E-state index is 0.0106. The van der Waals surface area contributed by atoms with E-state index in [-0.39, 0.29) is 22.5 Å². The first kappa shape index (κ1) is 21.9. The number of hydrogen-bond donors (Lipinski definition) is 1. The molecule has 0 radical (unpaired) electrons. The second-order valence-electron chi connectivity index (χ2n) is 7.73. The predicted molar refractivity (Wildman–Crippen MR) is 122 cm³/mol. The Morgan fingerprint density at radius 2 is 1.97 bits per heavy atom. The third-order valence-corrected chi connectivity index (χ3v) is 6.13. The molecule has 2 aromatic carbocycles. The highest BCUT2D eigenvalue weighted by Gasteiger charge is 2.47. The summed E-state index contributed by atoms with van der Waals surface area (Å²) in [7, 11) is 1.51. The van der Waals surface area contributed by atoms with E-state index in [0.29, 0.717) is 16.7 Å². The Labute approximate surface area is 190 Å². The van der Waals surface area contributed by atoms with Crippen molar-refractivity contribution < 1.29 is 18.3 Å². The number of ether oxygens (including phenoxy) is 1. The smallest absolute Gasteiger partial charge is 0.387 e. The lowest BCUT2D eigenvalue weighted by molar-refractivity contribution is -0.120. The van der Waals surface area contributed by atoms with Gasteiger partial charge in [-0.25, -0.2) is 4.99 Å². The van der Waals surface area contributed by atoms with Gasteiger partial charge < -0.3 is 10.5 Å². The minimum Gasteiger partial charge on any atom is -0.435 e. The van der Waals surface area contributed by atoms with Crippen LogP contribution in [0, 0.1) is 11.8 Å². The average Bonchev–Trinajstić information content (AvgIpc) is 3.61. The molecule has 1 amide bonds. The minimum atomic E-state index is -2.93. The van der Waals surface area contributed by atoms with Gasteiger partial charge in [0.25, 0.3) is 5.91 Å². The Morgan fingerprint density at radius 1 is 1.25 bits per heavy atom. The lowest BCUT2D eigenvalue weighted by Gasteiger charge is -2.38. The maximum atomic E-state index is 13.0. The van der Waals surface area contributed by atoms with Crippen molar-refractivity contribution in [3.05, 3.63) is 64.7 Å². The van der Waals surface area contributed by atoms with E-state index in [4.69, 9.17) is 27.7 Å². The van der Waals surface area contributed by atoms with Crippen molar-refractivity contribution in [1.82, 2.24) is 4.90 Å². The van der Waals surface area contributed by atoms with Crippen molar-refractivity contribution in [1.29, 1.82) is 0 Å². The maximum absolute atomic E-state index is 13.0. The van der Waals surface area contributed by atoms with Crippen LogP contribution < -0.4 is 10.5 Å². The van der Waals surface area contributed by atoms with Gasteiger partial charge in [0.05, 0.1) is 0 Å². The highest BCUT2D eigenvalue weighted by Crippen LogP contribution is 2.48. The third kappa shape index (κ3) is 3.73. The largest absolute Gasteiger partial charge is 0.435 e. The fourth-order valence-electron chi connectivity index (χ4n) is 3.92. The molecule has 164 valence electrons.